The van der Waals surface area contributed by atoms with Crippen LogP contribution in [0.4, 0.5) is 5.69 Å². The maximum atomic E-state index is 5.82. The molecule has 0 saturated carbocycles. The Labute approximate surface area is 106 Å². The summed E-state index contributed by atoms with van der Waals surface area (Å²) in [5.41, 5.74) is 2.41. The Morgan fingerprint density at radius 2 is 2.07 bits per heavy atom. The van der Waals surface area contributed by atoms with Gasteiger partial charge < -0.3 is 4.90 Å². The molecular weight excluding hydrogens is 273 g/mol. The molecular formula is C12H17BrClN. The predicted molar refractivity (Wildman–Crippen MR) is 71.9 cm³/mol. The van der Waals surface area contributed by atoms with Crippen LogP contribution in [0, 0.1) is 0 Å². The van der Waals surface area contributed by atoms with Crippen LogP contribution in [0.5, 0.6) is 0 Å². The Morgan fingerprint density at radius 3 is 2.53 bits per heavy atom. The first-order chi connectivity index (χ1) is 7.22. The van der Waals surface area contributed by atoms with E-state index in [2.05, 4.69) is 52.9 Å². The molecule has 0 N–H and O–H groups in total. The number of halogens is 2. The van der Waals surface area contributed by atoms with E-state index in [0.29, 0.717) is 5.88 Å². The lowest BCUT2D eigenvalue weighted by Crippen LogP contribution is -2.23. The van der Waals surface area contributed by atoms with Gasteiger partial charge in [-0.05, 0) is 31.0 Å². The van der Waals surface area contributed by atoms with Crippen LogP contribution in [0.1, 0.15) is 25.8 Å². The third-order valence-electron chi connectivity index (χ3n) is 2.42. The number of rotatable bonds is 5. The molecule has 0 atom stereocenters. The number of benzene rings is 1. The summed E-state index contributed by atoms with van der Waals surface area (Å²) < 4.78 is 1.10. The van der Waals surface area contributed by atoms with Gasteiger partial charge in [-0.3, -0.25) is 0 Å². The SMILES string of the molecule is CCCN(CC)c1ccc(CCl)c(Br)c1. The molecule has 3 heteroatoms. The fourth-order valence-corrected chi connectivity index (χ4v) is 2.48. The van der Waals surface area contributed by atoms with Crippen LogP contribution in [-0.4, -0.2) is 13.1 Å². The lowest BCUT2D eigenvalue weighted by Gasteiger charge is -2.23. The summed E-state index contributed by atoms with van der Waals surface area (Å²) in [5.74, 6) is 0.556. The fraction of sp³-hybridized carbons (Fsp3) is 0.500. The highest BCUT2D eigenvalue weighted by atomic mass is 79.9. The van der Waals surface area contributed by atoms with Gasteiger partial charge in [0.25, 0.3) is 0 Å². The van der Waals surface area contributed by atoms with Crippen LogP contribution in [0.3, 0.4) is 0 Å². The average molecular weight is 291 g/mol. The van der Waals surface area contributed by atoms with Crippen molar-refractivity contribution in [3.05, 3.63) is 28.2 Å². The van der Waals surface area contributed by atoms with Gasteiger partial charge in [-0.25, -0.2) is 0 Å². The van der Waals surface area contributed by atoms with Crippen molar-refractivity contribution in [3.63, 3.8) is 0 Å². The minimum Gasteiger partial charge on any atom is -0.372 e. The molecule has 0 unspecified atom stereocenters. The summed E-state index contributed by atoms with van der Waals surface area (Å²) in [4.78, 5) is 2.36. The van der Waals surface area contributed by atoms with Crippen molar-refractivity contribution in [2.45, 2.75) is 26.1 Å². The Balaban J connectivity index is 2.89. The summed E-state index contributed by atoms with van der Waals surface area (Å²) in [6, 6.07) is 6.38. The van der Waals surface area contributed by atoms with Crippen LogP contribution < -0.4 is 4.90 Å². The molecule has 15 heavy (non-hydrogen) atoms. The average Bonchev–Trinajstić information content (AvgIpc) is 2.25. The minimum absolute atomic E-state index is 0.556. The molecule has 1 rings (SSSR count). The van der Waals surface area contributed by atoms with E-state index in [9.17, 15) is 0 Å². The van der Waals surface area contributed by atoms with E-state index < -0.39 is 0 Å². The molecule has 0 spiro atoms. The molecule has 1 aromatic carbocycles. The number of alkyl halides is 1. The highest BCUT2D eigenvalue weighted by molar-refractivity contribution is 9.10. The molecule has 0 aliphatic rings. The van der Waals surface area contributed by atoms with Gasteiger partial charge in [0.1, 0.15) is 0 Å². The van der Waals surface area contributed by atoms with Crippen LogP contribution in [0.25, 0.3) is 0 Å². The van der Waals surface area contributed by atoms with Crippen molar-refractivity contribution in [1.29, 1.82) is 0 Å². The maximum Gasteiger partial charge on any atom is 0.0485 e. The molecule has 1 aromatic rings. The van der Waals surface area contributed by atoms with Gasteiger partial charge >= 0.3 is 0 Å². The van der Waals surface area contributed by atoms with E-state index in [1.165, 1.54) is 12.1 Å². The number of nitrogens with zero attached hydrogens (tertiary/aromatic N) is 1. The number of anilines is 1. The third-order valence-corrected chi connectivity index (χ3v) is 3.45. The third kappa shape index (κ3) is 3.39. The quantitative estimate of drug-likeness (QED) is 0.725. The molecule has 0 bridgehead atoms. The second-order valence-corrected chi connectivity index (χ2v) is 4.61. The summed E-state index contributed by atoms with van der Waals surface area (Å²) in [6.07, 6.45) is 1.17. The van der Waals surface area contributed by atoms with Gasteiger partial charge in [0.05, 0.1) is 0 Å². The minimum atomic E-state index is 0.556. The molecule has 0 aliphatic heterocycles. The standard InChI is InChI=1S/C12H17BrClN/c1-3-7-15(4-2)11-6-5-10(9-14)12(13)8-11/h5-6,8H,3-4,7,9H2,1-2H3. The summed E-state index contributed by atoms with van der Waals surface area (Å²) in [7, 11) is 0. The van der Waals surface area contributed by atoms with Gasteiger partial charge in [-0.2, -0.15) is 0 Å². The monoisotopic (exact) mass is 289 g/mol. The van der Waals surface area contributed by atoms with Crippen molar-refractivity contribution in [2.24, 2.45) is 0 Å². The molecule has 0 saturated heterocycles. The zero-order valence-electron chi connectivity index (χ0n) is 9.26. The number of hydrogen-bond donors (Lipinski definition) is 0. The van der Waals surface area contributed by atoms with Crippen molar-refractivity contribution < 1.29 is 0 Å². The summed E-state index contributed by atoms with van der Waals surface area (Å²) in [5, 5.41) is 0. The molecule has 0 amide bonds. The second kappa shape index (κ2) is 6.39. The summed E-state index contributed by atoms with van der Waals surface area (Å²) >= 11 is 9.36. The zero-order valence-corrected chi connectivity index (χ0v) is 11.6. The summed E-state index contributed by atoms with van der Waals surface area (Å²) in [6.45, 7) is 6.52. The first-order valence-electron chi connectivity index (χ1n) is 5.32. The van der Waals surface area contributed by atoms with Gasteiger partial charge in [0.15, 0.2) is 0 Å². The number of hydrogen-bond acceptors (Lipinski definition) is 1. The first-order valence-corrected chi connectivity index (χ1v) is 6.65. The van der Waals surface area contributed by atoms with E-state index in [1.54, 1.807) is 0 Å². The lowest BCUT2D eigenvalue weighted by atomic mass is 10.2. The molecule has 0 heterocycles. The van der Waals surface area contributed by atoms with E-state index in [0.717, 1.165) is 23.1 Å². The van der Waals surface area contributed by atoms with E-state index in [-0.39, 0.29) is 0 Å². The van der Waals surface area contributed by atoms with E-state index >= 15 is 0 Å². The molecule has 1 nitrogen and oxygen atoms in total. The lowest BCUT2D eigenvalue weighted by molar-refractivity contribution is 0.791. The molecule has 0 fully saturated rings. The van der Waals surface area contributed by atoms with Crippen LogP contribution in [0.2, 0.25) is 0 Å². The van der Waals surface area contributed by atoms with Crippen molar-refractivity contribution in [3.8, 4) is 0 Å². The highest BCUT2D eigenvalue weighted by Gasteiger charge is 2.05. The van der Waals surface area contributed by atoms with Gasteiger partial charge in [-0.1, -0.05) is 28.9 Å². The normalized spacial score (nSPS) is 10.4. The topological polar surface area (TPSA) is 3.24 Å². The fourth-order valence-electron chi connectivity index (χ4n) is 1.58. The van der Waals surface area contributed by atoms with E-state index in [4.69, 9.17) is 11.6 Å². The van der Waals surface area contributed by atoms with Gasteiger partial charge in [0, 0.05) is 29.1 Å². The van der Waals surface area contributed by atoms with Gasteiger partial charge in [0.2, 0.25) is 0 Å². The zero-order chi connectivity index (χ0) is 11.3. The van der Waals surface area contributed by atoms with Crippen molar-refractivity contribution in [2.75, 3.05) is 18.0 Å². The first kappa shape index (κ1) is 12.9. The second-order valence-electron chi connectivity index (χ2n) is 3.49. The van der Waals surface area contributed by atoms with Gasteiger partial charge in [-0.15, -0.1) is 11.6 Å². The Bertz CT molecular complexity index is 314. The van der Waals surface area contributed by atoms with Crippen LogP contribution in [0.15, 0.2) is 22.7 Å². The largest absolute Gasteiger partial charge is 0.372 e. The maximum absolute atomic E-state index is 5.82. The molecule has 0 aromatic heterocycles. The Hall–Kier alpha value is -0.210. The molecule has 0 aliphatic carbocycles. The molecule has 0 radical (unpaired) electrons. The Kier molecular flexibility index (Phi) is 5.48. The Morgan fingerprint density at radius 1 is 1.33 bits per heavy atom. The van der Waals surface area contributed by atoms with E-state index in [1.807, 2.05) is 0 Å². The molecule has 84 valence electrons. The van der Waals surface area contributed by atoms with Crippen LogP contribution >= 0.6 is 27.5 Å². The highest BCUT2D eigenvalue weighted by Crippen LogP contribution is 2.25. The predicted octanol–water partition coefficient (Wildman–Crippen LogP) is 4.42. The van der Waals surface area contributed by atoms with Crippen molar-refractivity contribution >= 4 is 33.2 Å². The van der Waals surface area contributed by atoms with Crippen molar-refractivity contribution in [1.82, 2.24) is 0 Å². The smallest absolute Gasteiger partial charge is 0.0485 e. The van der Waals surface area contributed by atoms with Crippen LogP contribution in [-0.2, 0) is 5.88 Å².